The minimum absolute atomic E-state index is 0. The van der Waals surface area contributed by atoms with Crippen molar-refractivity contribution >= 4 is 29.9 Å². The molecule has 0 amide bonds. The highest BCUT2D eigenvalue weighted by molar-refractivity contribution is 14.0. The topological polar surface area (TPSA) is 54.9 Å². The number of ether oxygens (including phenoxy) is 2. The first-order chi connectivity index (χ1) is 14.2. The van der Waals surface area contributed by atoms with E-state index in [1.165, 1.54) is 31.2 Å². The number of nitrogens with one attached hydrogen (secondary N) is 2. The predicted molar refractivity (Wildman–Crippen MR) is 133 cm³/mol. The van der Waals surface area contributed by atoms with E-state index in [-0.39, 0.29) is 35.6 Å². The fourth-order valence-electron chi connectivity index (χ4n) is 4.90. The summed E-state index contributed by atoms with van der Waals surface area (Å²) < 4.78 is 12.1. The van der Waals surface area contributed by atoms with Crippen LogP contribution in [0.1, 0.15) is 76.8 Å². The second-order valence-electron chi connectivity index (χ2n) is 9.07. The minimum atomic E-state index is -0.00144. The van der Waals surface area contributed by atoms with Crippen molar-refractivity contribution < 1.29 is 9.47 Å². The highest BCUT2D eigenvalue weighted by Crippen LogP contribution is 2.49. The molecule has 0 bridgehead atoms. The van der Waals surface area contributed by atoms with Crippen LogP contribution in [0.5, 0.6) is 5.75 Å². The standard InChI is InChI=1S/C24H37N3O2.HI/c1-3-25-22(26-18-23(13-14-23)15-16-28-4-2)27-20-17-24(11-7-8-12-24)29-21-10-6-5-9-19(20)21;/h5-6,9-10,20H,3-4,7-8,11-18H2,1-2H3,(H2,25,26,27);1H. The van der Waals surface area contributed by atoms with E-state index in [1.54, 1.807) is 0 Å². The van der Waals surface area contributed by atoms with Gasteiger partial charge in [0.15, 0.2) is 5.96 Å². The molecule has 1 aromatic rings. The Bertz CT molecular complexity index is 714. The Balaban J connectivity index is 0.00000256. The van der Waals surface area contributed by atoms with Crippen LogP contribution in [-0.2, 0) is 4.74 Å². The number of benzene rings is 1. The van der Waals surface area contributed by atoms with Gasteiger partial charge in [0, 0.05) is 38.3 Å². The van der Waals surface area contributed by atoms with Crippen molar-refractivity contribution in [1.29, 1.82) is 0 Å². The summed E-state index contributed by atoms with van der Waals surface area (Å²) in [7, 11) is 0. The molecule has 2 aliphatic carbocycles. The number of para-hydroxylation sites is 1. The second kappa shape index (κ2) is 10.5. The molecule has 2 N–H and O–H groups in total. The number of nitrogens with zero attached hydrogens (tertiary/aromatic N) is 1. The van der Waals surface area contributed by atoms with Gasteiger partial charge in [0.2, 0.25) is 0 Å². The van der Waals surface area contributed by atoms with Crippen molar-refractivity contribution in [1.82, 2.24) is 10.6 Å². The Morgan fingerprint density at radius 3 is 2.63 bits per heavy atom. The number of hydrogen-bond donors (Lipinski definition) is 2. The van der Waals surface area contributed by atoms with Crippen LogP contribution in [0.15, 0.2) is 29.3 Å². The maximum atomic E-state index is 6.52. The van der Waals surface area contributed by atoms with E-state index in [1.807, 2.05) is 0 Å². The number of rotatable bonds is 8. The summed E-state index contributed by atoms with van der Waals surface area (Å²) >= 11 is 0. The van der Waals surface area contributed by atoms with Crippen molar-refractivity contribution in [2.24, 2.45) is 10.4 Å². The number of aliphatic imine (C=N–C) groups is 1. The average molecular weight is 527 g/mol. The molecule has 0 radical (unpaired) electrons. The summed E-state index contributed by atoms with van der Waals surface area (Å²) in [5.74, 6) is 1.98. The second-order valence-corrected chi connectivity index (χ2v) is 9.07. The molecular weight excluding hydrogens is 489 g/mol. The monoisotopic (exact) mass is 527 g/mol. The number of guanidine groups is 1. The molecule has 4 rings (SSSR count). The van der Waals surface area contributed by atoms with Crippen molar-refractivity contribution in [3.05, 3.63) is 29.8 Å². The molecule has 2 fully saturated rings. The highest BCUT2D eigenvalue weighted by atomic mass is 127. The molecule has 5 nitrogen and oxygen atoms in total. The van der Waals surface area contributed by atoms with E-state index in [9.17, 15) is 0 Å². The van der Waals surface area contributed by atoms with Crippen LogP contribution in [0.4, 0.5) is 0 Å². The number of fused-ring (bicyclic) bond motifs is 1. The smallest absolute Gasteiger partial charge is 0.191 e. The van der Waals surface area contributed by atoms with Crippen LogP contribution >= 0.6 is 24.0 Å². The molecule has 1 aromatic carbocycles. The zero-order valence-corrected chi connectivity index (χ0v) is 20.9. The third-order valence-corrected chi connectivity index (χ3v) is 6.88. The average Bonchev–Trinajstić information content (AvgIpc) is 3.37. The van der Waals surface area contributed by atoms with Crippen molar-refractivity contribution in [3.8, 4) is 5.75 Å². The van der Waals surface area contributed by atoms with E-state index in [0.717, 1.165) is 63.7 Å². The summed E-state index contributed by atoms with van der Waals surface area (Å²) in [4.78, 5) is 5.01. The van der Waals surface area contributed by atoms with Crippen molar-refractivity contribution in [2.45, 2.75) is 76.9 Å². The maximum Gasteiger partial charge on any atom is 0.191 e. The molecule has 168 valence electrons. The van der Waals surface area contributed by atoms with Gasteiger partial charge < -0.3 is 20.1 Å². The van der Waals surface area contributed by atoms with E-state index in [0.29, 0.717) is 5.41 Å². The SMILES string of the molecule is CCNC(=NCC1(CCOCC)CC1)NC1CC2(CCCC2)Oc2ccccc21.I. The van der Waals surface area contributed by atoms with Crippen LogP contribution in [0.3, 0.4) is 0 Å². The van der Waals surface area contributed by atoms with E-state index in [2.05, 4.69) is 48.7 Å². The Labute approximate surface area is 198 Å². The quantitative estimate of drug-likeness (QED) is 0.211. The fourth-order valence-corrected chi connectivity index (χ4v) is 4.90. The summed E-state index contributed by atoms with van der Waals surface area (Å²) in [6.45, 7) is 7.60. The lowest BCUT2D eigenvalue weighted by molar-refractivity contribution is 0.0396. The van der Waals surface area contributed by atoms with Gasteiger partial charge in [-0.3, -0.25) is 4.99 Å². The molecule has 0 aromatic heterocycles. The first-order valence-corrected chi connectivity index (χ1v) is 11.6. The van der Waals surface area contributed by atoms with Crippen LogP contribution in [0.25, 0.3) is 0 Å². The van der Waals surface area contributed by atoms with E-state index in [4.69, 9.17) is 14.5 Å². The third-order valence-electron chi connectivity index (χ3n) is 6.88. The summed E-state index contributed by atoms with van der Waals surface area (Å²) in [6.07, 6.45) is 9.54. The fraction of sp³-hybridized carbons (Fsp3) is 0.708. The van der Waals surface area contributed by atoms with Crippen molar-refractivity contribution in [3.63, 3.8) is 0 Å². The van der Waals surface area contributed by atoms with E-state index < -0.39 is 0 Å². The van der Waals surface area contributed by atoms with Gasteiger partial charge in [0.25, 0.3) is 0 Å². The Hall–Kier alpha value is -1.02. The van der Waals surface area contributed by atoms with Gasteiger partial charge in [-0.25, -0.2) is 0 Å². The van der Waals surface area contributed by atoms with E-state index >= 15 is 0 Å². The minimum Gasteiger partial charge on any atom is -0.487 e. The molecule has 3 aliphatic rings. The lowest BCUT2D eigenvalue weighted by Crippen LogP contribution is -2.46. The first kappa shape index (κ1) is 23.6. The van der Waals surface area contributed by atoms with Crippen LogP contribution in [0.2, 0.25) is 0 Å². The number of hydrogen-bond acceptors (Lipinski definition) is 3. The summed E-state index contributed by atoms with van der Waals surface area (Å²) in [5.41, 5.74) is 1.61. The van der Waals surface area contributed by atoms with Gasteiger partial charge in [0.1, 0.15) is 11.4 Å². The maximum absolute atomic E-state index is 6.52. The molecule has 6 heteroatoms. The van der Waals surface area contributed by atoms with Crippen LogP contribution < -0.4 is 15.4 Å². The molecular formula is C24H38IN3O2. The first-order valence-electron chi connectivity index (χ1n) is 11.6. The lowest BCUT2D eigenvalue weighted by Gasteiger charge is -2.40. The molecule has 2 saturated carbocycles. The molecule has 1 heterocycles. The Morgan fingerprint density at radius 1 is 1.17 bits per heavy atom. The normalized spacial score (nSPS) is 23.3. The zero-order valence-electron chi connectivity index (χ0n) is 18.5. The highest BCUT2D eigenvalue weighted by Gasteiger charge is 2.44. The van der Waals surface area contributed by atoms with Gasteiger partial charge in [0.05, 0.1) is 6.04 Å². The molecule has 1 atom stereocenters. The third kappa shape index (κ3) is 5.61. The molecule has 1 unspecified atom stereocenters. The van der Waals surface area contributed by atoms with Crippen LogP contribution in [0, 0.1) is 5.41 Å². The molecule has 1 spiro atoms. The van der Waals surface area contributed by atoms with Crippen LogP contribution in [-0.4, -0.2) is 37.9 Å². The molecule has 0 saturated heterocycles. The zero-order chi connectivity index (χ0) is 20.2. The van der Waals surface area contributed by atoms with Gasteiger partial charge in [-0.05, 0) is 70.3 Å². The van der Waals surface area contributed by atoms with Gasteiger partial charge in [-0.15, -0.1) is 24.0 Å². The largest absolute Gasteiger partial charge is 0.487 e. The lowest BCUT2D eigenvalue weighted by atomic mass is 9.86. The summed E-state index contributed by atoms with van der Waals surface area (Å²) in [5, 5.41) is 7.23. The molecule has 1 aliphatic heterocycles. The summed E-state index contributed by atoms with van der Waals surface area (Å²) in [6, 6.07) is 8.76. The van der Waals surface area contributed by atoms with Crippen molar-refractivity contribution in [2.75, 3.05) is 26.3 Å². The predicted octanol–water partition coefficient (Wildman–Crippen LogP) is 5.20. The Morgan fingerprint density at radius 2 is 1.93 bits per heavy atom. The van der Waals surface area contributed by atoms with Gasteiger partial charge >= 0.3 is 0 Å². The molecule has 30 heavy (non-hydrogen) atoms. The number of halogens is 1. The van der Waals surface area contributed by atoms with Gasteiger partial charge in [-0.1, -0.05) is 18.2 Å². The Kier molecular flexibility index (Phi) is 8.30. The van der Waals surface area contributed by atoms with Gasteiger partial charge in [-0.2, -0.15) is 0 Å².